The first-order chi connectivity index (χ1) is 19.7. The summed E-state index contributed by atoms with van der Waals surface area (Å²) in [7, 11) is 3.32. The van der Waals surface area contributed by atoms with Crippen LogP contribution in [0.3, 0.4) is 0 Å². The normalized spacial score (nSPS) is 19.7. The van der Waals surface area contributed by atoms with E-state index >= 15 is 0 Å². The highest BCUT2D eigenvalue weighted by atomic mass is 16.5. The highest BCUT2D eigenvalue weighted by molar-refractivity contribution is 5.65. The van der Waals surface area contributed by atoms with E-state index in [1.165, 1.54) is 19.5 Å². The van der Waals surface area contributed by atoms with Gasteiger partial charge < -0.3 is 28.4 Å². The van der Waals surface area contributed by atoms with E-state index in [-0.39, 0.29) is 0 Å². The largest absolute Gasteiger partial charge is 0.497 e. The Hall–Kier alpha value is -4.23. The zero-order chi connectivity index (χ0) is 27.3. The summed E-state index contributed by atoms with van der Waals surface area (Å²) in [6, 6.07) is 23.5. The van der Waals surface area contributed by atoms with Crippen LogP contribution < -0.4 is 18.9 Å². The van der Waals surface area contributed by atoms with E-state index in [0.29, 0.717) is 30.6 Å². The average molecular weight is 539 g/mol. The van der Waals surface area contributed by atoms with Gasteiger partial charge >= 0.3 is 0 Å². The maximum atomic E-state index is 6.27. The van der Waals surface area contributed by atoms with Crippen molar-refractivity contribution in [2.24, 2.45) is 11.8 Å². The van der Waals surface area contributed by atoms with E-state index in [9.17, 15) is 0 Å². The number of nitrogens with zero attached hydrogens (tertiary/aromatic N) is 2. The third-order valence-electron chi connectivity index (χ3n) is 7.77. The van der Waals surface area contributed by atoms with Crippen LogP contribution in [0, 0.1) is 11.8 Å². The molecule has 0 saturated carbocycles. The van der Waals surface area contributed by atoms with Crippen LogP contribution in [0.1, 0.15) is 23.3 Å². The van der Waals surface area contributed by atoms with Gasteiger partial charge in [-0.05, 0) is 84.5 Å². The van der Waals surface area contributed by atoms with E-state index in [2.05, 4.69) is 22.2 Å². The molecule has 6 rings (SSSR count). The molecule has 3 unspecified atom stereocenters. The second kappa shape index (κ2) is 11.9. The first kappa shape index (κ1) is 26.0. The van der Waals surface area contributed by atoms with E-state index in [1.807, 2.05) is 72.8 Å². The Morgan fingerprint density at radius 3 is 2.10 bits per heavy atom. The highest BCUT2D eigenvalue weighted by Gasteiger charge is 2.36. The first-order valence-electron chi connectivity index (χ1n) is 13.7. The van der Waals surface area contributed by atoms with Crippen LogP contribution in [-0.2, 0) is 13.2 Å². The lowest BCUT2D eigenvalue weighted by molar-refractivity contribution is 0.256. The first-order valence-corrected chi connectivity index (χ1v) is 13.7. The molecule has 7 heteroatoms. The standard InChI is InChI=1S/C33H34N2O5/c1-36-28-9-3-23(4-10-28)21-38-32-14-8-25(17-33(32)39-22-24-5-11-29(37-2)12-6-24)31-18-30(40-34-31)13-7-26-19-35-16-15-27(26)20-35/h3-14,17-18,26-27H,15-16,19-22H2,1-2H3. The molecule has 40 heavy (non-hydrogen) atoms. The maximum absolute atomic E-state index is 6.27. The van der Waals surface area contributed by atoms with Crippen LogP contribution >= 0.6 is 0 Å². The van der Waals surface area contributed by atoms with Crippen molar-refractivity contribution in [3.63, 3.8) is 0 Å². The summed E-state index contributed by atoms with van der Waals surface area (Å²) in [5, 5.41) is 4.34. The number of piperidine rings is 1. The fourth-order valence-electron chi connectivity index (χ4n) is 5.43. The lowest BCUT2D eigenvalue weighted by Gasteiger charge is -2.18. The number of hydrogen-bond donors (Lipinski definition) is 0. The molecule has 0 spiro atoms. The van der Waals surface area contributed by atoms with Gasteiger partial charge in [-0.3, -0.25) is 0 Å². The second-order valence-electron chi connectivity index (χ2n) is 10.4. The molecule has 4 aromatic rings. The van der Waals surface area contributed by atoms with E-state index < -0.39 is 0 Å². The summed E-state index contributed by atoms with van der Waals surface area (Å²) >= 11 is 0. The van der Waals surface area contributed by atoms with Crippen molar-refractivity contribution < 1.29 is 23.5 Å². The fourth-order valence-corrected chi connectivity index (χ4v) is 5.43. The molecule has 3 heterocycles. The van der Waals surface area contributed by atoms with Crippen molar-refractivity contribution in [3.05, 3.63) is 95.8 Å². The van der Waals surface area contributed by atoms with Crippen molar-refractivity contribution in [2.45, 2.75) is 19.6 Å². The third-order valence-corrected chi connectivity index (χ3v) is 7.77. The Morgan fingerprint density at radius 2 is 1.50 bits per heavy atom. The molecule has 0 amide bonds. The monoisotopic (exact) mass is 538 g/mol. The molecule has 2 saturated heterocycles. The molecular weight excluding hydrogens is 504 g/mol. The van der Waals surface area contributed by atoms with Gasteiger partial charge in [-0.15, -0.1) is 0 Å². The number of aromatic nitrogens is 1. The SMILES string of the molecule is COc1ccc(COc2ccc(-c3cc(C=CC4CN5CCC4C5)on3)cc2OCc2ccc(OC)cc2)cc1. The van der Waals surface area contributed by atoms with Crippen LogP contribution in [-0.4, -0.2) is 43.9 Å². The molecule has 2 fully saturated rings. The Morgan fingerprint density at radius 1 is 0.825 bits per heavy atom. The summed E-state index contributed by atoms with van der Waals surface area (Å²) in [6.45, 7) is 4.40. The number of rotatable bonds is 11. The summed E-state index contributed by atoms with van der Waals surface area (Å²) in [5.41, 5.74) is 3.72. The Bertz CT molecular complexity index is 1440. The molecule has 2 aliphatic rings. The molecule has 3 atom stereocenters. The molecule has 206 valence electrons. The molecule has 0 aliphatic carbocycles. The topological polar surface area (TPSA) is 66.2 Å². The van der Waals surface area contributed by atoms with Gasteiger partial charge in [0.25, 0.3) is 0 Å². The van der Waals surface area contributed by atoms with Gasteiger partial charge in [-0.2, -0.15) is 0 Å². The molecular formula is C33H34N2O5. The van der Waals surface area contributed by atoms with Gasteiger partial charge in [0, 0.05) is 24.7 Å². The van der Waals surface area contributed by atoms with Gasteiger partial charge in [-0.1, -0.05) is 35.5 Å². The number of hydrogen-bond acceptors (Lipinski definition) is 7. The summed E-state index contributed by atoms with van der Waals surface area (Å²) < 4.78 is 28.7. The van der Waals surface area contributed by atoms with Crippen molar-refractivity contribution in [1.29, 1.82) is 0 Å². The highest BCUT2D eigenvalue weighted by Crippen LogP contribution is 2.36. The number of benzene rings is 3. The van der Waals surface area contributed by atoms with Crippen LogP contribution in [0.25, 0.3) is 17.3 Å². The molecule has 2 bridgehead atoms. The van der Waals surface area contributed by atoms with E-state index in [1.54, 1.807) is 14.2 Å². The number of fused-ring (bicyclic) bond motifs is 2. The van der Waals surface area contributed by atoms with Crippen molar-refractivity contribution in [1.82, 2.24) is 10.1 Å². The third kappa shape index (κ3) is 6.00. The van der Waals surface area contributed by atoms with Crippen molar-refractivity contribution >= 4 is 6.08 Å². The number of methoxy groups -OCH3 is 2. The molecule has 1 aromatic heterocycles. The predicted octanol–water partition coefficient (Wildman–Crippen LogP) is 6.48. The van der Waals surface area contributed by atoms with Crippen LogP contribution in [0.4, 0.5) is 0 Å². The minimum absolute atomic E-state index is 0.388. The lowest BCUT2D eigenvalue weighted by atomic mass is 9.92. The van der Waals surface area contributed by atoms with Crippen molar-refractivity contribution in [3.8, 4) is 34.3 Å². The van der Waals surface area contributed by atoms with Gasteiger partial charge in [0.05, 0.1) is 14.2 Å². The zero-order valence-corrected chi connectivity index (χ0v) is 22.9. The predicted molar refractivity (Wildman–Crippen MR) is 154 cm³/mol. The van der Waals surface area contributed by atoms with Crippen LogP contribution in [0.5, 0.6) is 23.0 Å². The van der Waals surface area contributed by atoms with E-state index in [4.69, 9.17) is 23.5 Å². The van der Waals surface area contributed by atoms with Gasteiger partial charge in [0.15, 0.2) is 17.3 Å². The second-order valence-corrected chi connectivity index (χ2v) is 10.4. The number of ether oxygens (including phenoxy) is 4. The summed E-state index contributed by atoms with van der Waals surface area (Å²) in [4.78, 5) is 2.54. The maximum Gasteiger partial charge on any atom is 0.162 e. The Labute approximate surface area is 234 Å². The van der Waals surface area contributed by atoms with Crippen molar-refractivity contribution in [2.75, 3.05) is 33.9 Å². The van der Waals surface area contributed by atoms with Crippen LogP contribution in [0.15, 0.2) is 83.4 Å². The summed E-state index contributed by atoms with van der Waals surface area (Å²) in [5.74, 6) is 5.04. The minimum atomic E-state index is 0.388. The molecule has 3 aromatic carbocycles. The smallest absolute Gasteiger partial charge is 0.162 e. The fraction of sp³-hybridized carbons (Fsp3) is 0.303. The Kier molecular flexibility index (Phi) is 7.73. The average Bonchev–Trinajstić information content (AvgIpc) is 3.77. The van der Waals surface area contributed by atoms with E-state index in [0.717, 1.165) is 52.1 Å². The molecule has 2 aliphatic heterocycles. The molecule has 0 N–H and O–H groups in total. The van der Waals surface area contributed by atoms with Gasteiger partial charge in [0.2, 0.25) is 0 Å². The zero-order valence-electron chi connectivity index (χ0n) is 22.9. The van der Waals surface area contributed by atoms with Gasteiger partial charge in [0.1, 0.15) is 30.4 Å². The van der Waals surface area contributed by atoms with Gasteiger partial charge in [-0.25, -0.2) is 0 Å². The Balaban J connectivity index is 1.19. The van der Waals surface area contributed by atoms with Crippen LogP contribution in [0.2, 0.25) is 0 Å². The minimum Gasteiger partial charge on any atom is -0.497 e. The quantitative estimate of drug-likeness (QED) is 0.216. The molecule has 7 nitrogen and oxygen atoms in total. The summed E-state index contributed by atoms with van der Waals surface area (Å²) in [6.07, 6.45) is 5.65. The molecule has 0 radical (unpaired) electrons. The lowest BCUT2D eigenvalue weighted by Crippen LogP contribution is -2.21.